The van der Waals surface area contributed by atoms with E-state index in [-0.39, 0.29) is 34.9 Å². The van der Waals surface area contributed by atoms with Crippen molar-refractivity contribution >= 4 is 27.8 Å². The van der Waals surface area contributed by atoms with Crippen LogP contribution in [0.4, 0.5) is 0 Å². The van der Waals surface area contributed by atoms with Crippen LogP contribution in [0.1, 0.15) is 33.2 Å². The number of sulfone groups is 1. The number of carbonyl (C=O) groups excluding carboxylic acids is 3. The predicted molar refractivity (Wildman–Crippen MR) is 92.2 cm³/mol. The molecule has 0 saturated heterocycles. The Morgan fingerprint density at radius 3 is 2.04 bits per heavy atom. The van der Waals surface area contributed by atoms with Crippen LogP contribution in [0.15, 0.2) is 53.4 Å². The van der Waals surface area contributed by atoms with E-state index in [1.165, 1.54) is 36.4 Å². The van der Waals surface area contributed by atoms with Crippen LogP contribution < -0.4 is 5.32 Å². The highest BCUT2D eigenvalue weighted by molar-refractivity contribution is 7.91. The summed E-state index contributed by atoms with van der Waals surface area (Å²) in [6, 6.07) is 12.1. The van der Waals surface area contributed by atoms with Gasteiger partial charge in [-0.1, -0.05) is 31.2 Å². The number of rotatable bonds is 7. The maximum atomic E-state index is 12.1. The van der Waals surface area contributed by atoms with Gasteiger partial charge >= 0.3 is 0 Å². The van der Waals surface area contributed by atoms with Gasteiger partial charge in [-0.05, 0) is 29.8 Å². The maximum absolute atomic E-state index is 12.1. The van der Waals surface area contributed by atoms with Crippen molar-refractivity contribution in [2.75, 3.05) is 5.75 Å². The second-order valence-electron chi connectivity index (χ2n) is 5.29. The van der Waals surface area contributed by atoms with Crippen LogP contribution in [0.2, 0.25) is 0 Å². The summed E-state index contributed by atoms with van der Waals surface area (Å²) in [5.74, 6) is -0.949. The molecule has 0 aromatic heterocycles. The van der Waals surface area contributed by atoms with Gasteiger partial charge in [-0.2, -0.15) is 0 Å². The van der Waals surface area contributed by atoms with Crippen LogP contribution in [0.25, 0.3) is 0 Å². The molecular formula is C18H17NO5S. The molecule has 0 bridgehead atoms. The summed E-state index contributed by atoms with van der Waals surface area (Å²) in [6.45, 7) is 1.82. The van der Waals surface area contributed by atoms with Crippen LogP contribution in [0.5, 0.6) is 0 Å². The van der Waals surface area contributed by atoms with Gasteiger partial charge in [0.2, 0.25) is 5.78 Å². The fourth-order valence-corrected chi connectivity index (χ4v) is 3.00. The lowest BCUT2D eigenvalue weighted by atomic mass is 10.1. The van der Waals surface area contributed by atoms with Gasteiger partial charge < -0.3 is 5.32 Å². The van der Waals surface area contributed by atoms with Gasteiger partial charge in [-0.25, -0.2) is 8.42 Å². The molecule has 0 fully saturated rings. The van der Waals surface area contributed by atoms with Crippen LogP contribution in [-0.4, -0.2) is 32.1 Å². The van der Waals surface area contributed by atoms with Crippen molar-refractivity contribution < 1.29 is 22.8 Å². The number of Topliss-reactive ketones (excluding diaryl/α,β-unsaturated/α-hetero) is 1. The van der Waals surface area contributed by atoms with Crippen molar-refractivity contribution in [1.29, 1.82) is 0 Å². The molecular weight excluding hydrogens is 342 g/mol. The lowest BCUT2D eigenvalue weighted by molar-refractivity contribution is -0.104. The Morgan fingerprint density at radius 1 is 0.960 bits per heavy atom. The van der Waals surface area contributed by atoms with E-state index in [9.17, 15) is 22.8 Å². The highest BCUT2D eigenvalue weighted by atomic mass is 32.2. The van der Waals surface area contributed by atoms with Crippen LogP contribution >= 0.6 is 0 Å². The van der Waals surface area contributed by atoms with Crippen molar-refractivity contribution in [1.82, 2.24) is 5.32 Å². The first kappa shape index (κ1) is 18.5. The fraction of sp³-hybridized carbons (Fsp3) is 0.167. The summed E-state index contributed by atoms with van der Waals surface area (Å²) in [7, 11) is -3.24. The van der Waals surface area contributed by atoms with Gasteiger partial charge in [0.15, 0.2) is 16.1 Å². The van der Waals surface area contributed by atoms with E-state index >= 15 is 0 Å². The molecule has 130 valence electrons. The van der Waals surface area contributed by atoms with Crippen LogP contribution in [-0.2, 0) is 21.2 Å². The molecule has 0 heterocycles. The van der Waals surface area contributed by atoms with E-state index in [4.69, 9.17) is 0 Å². The average Bonchev–Trinajstić information content (AvgIpc) is 2.65. The Labute approximate surface area is 145 Å². The van der Waals surface area contributed by atoms with Gasteiger partial charge in [0.25, 0.3) is 5.91 Å². The molecule has 2 rings (SSSR count). The quantitative estimate of drug-likeness (QED) is 0.462. The number of nitrogens with one attached hydrogen (secondary N) is 1. The van der Waals surface area contributed by atoms with Gasteiger partial charge in [-0.15, -0.1) is 0 Å². The number of amides is 1. The van der Waals surface area contributed by atoms with E-state index in [1.54, 1.807) is 19.1 Å². The molecule has 6 nitrogen and oxygen atoms in total. The first-order chi connectivity index (χ1) is 11.9. The fourth-order valence-electron chi connectivity index (χ4n) is 2.12. The molecule has 7 heteroatoms. The molecule has 1 amide bonds. The lowest BCUT2D eigenvalue weighted by Crippen LogP contribution is -2.22. The second kappa shape index (κ2) is 7.85. The van der Waals surface area contributed by atoms with Crippen molar-refractivity contribution in [2.45, 2.75) is 18.4 Å². The molecule has 0 aliphatic carbocycles. The molecule has 0 radical (unpaired) electrons. The van der Waals surface area contributed by atoms with Crippen molar-refractivity contribution in [3.8, 4) is 0 Å². The topological polar surface area (TPSA) is 97.4 Å². The Balaban J connectivity index is 2.00. The highest BCUT2D eigenvalue weighted by Crippen LogP contribution is 2.12. The summed E-state index contributed by atoms with van der Waals surface area (Å²) in [6.07, 6.45) is 0.220. The molecule has 1 N–H and O–H groups in total. The Hall–Kier alpha value is -2.80. The zero-order valence-electron chi connectivity index (χ0n) is 13.6. The number of aldehydes is 1. The van der Waals surface area contributed by atoms with Crippen molar-refractivity contribution in [3.05, 3.63) is 65.2 Å². The number of carbonyl (C=O) groups is 3. The Bertz CT molecular complexity index is 884. The zero-order valence-corrected chi connectivity index (χ0v) is 14.4. The van der Waals surface area contributed by atoms with E-state index < -0.39 is 15.6 Å². The third-order valence-electron chi connectivity index (χ3n) is 3.65. The van der Waals surface area contributed by atoms with Crippen LogP contribution in [0, 0.1) is 0 Å². The minimum Gasteiger partial charge on any atom is -0.348 e. The van der Waals surface area contributed by atoms with E-state index in [0.29, 0.717) is 5.56 Å². The molecule has 0 atom stereocenters. The molecule has 0 aliphatic rings. The molecule has 2 aromatic carbocycles. The molecule has 0 aliphatic heterocycles. The molecule has 0 unspecified atom stereocenters. The Morgan fingerprint density at radius 2 is 1.52 bits per heavy atom. The zero-order chi connectivity index (χ0) is 18.4. The molecule has 25 heavy (non-hydrogen) atoms. The minimum atomic E-state index is -3.24. The predicted octanol–water partition coefficient (Wildman–Crippen LogP) is 1.79. The highest BCUT2D eigenvalue weighted by Gasteiger charge is 2.11. The molecule has 0 saturated carbocycles. The normalized spacial score (nSPS) is 10.9. The SMILES string of the molecule is CCS(=O)(=O)c1ccc(CNC(=O)c2ccc(C(=O)C=O)cc2)cc1. The standard InChI is InChI=1S/C18H17NO5S/c1-2-25(23,24)16-9-3-13(4-10-16)11-19-18(22)15-7-5-14(6-8-15)17(21)12-20/h3-10,12H,2,11H2,1H3,(H,19,22). The van der Waals surface area contributed by atoms with E-state index in [2.05, 4.69) is 5.32 Å². The second-order valence-corrected chi connectivity index (χ2v) is 7.57. The summed E-state index contributed by atoms with van der Waals surface area (Å²) in [5, 5.41) is 2.71. The van der Waals surface area contributed by atoms with Crippen LogP contribution in [0.3, 0.4) is 0 Å². The largest absolute Gasteiger partial charge is 0.348 e. The number of hydrogen-bond acceptors (Lipinski definition) is 5. The summed E-state index contributed by atoms with van der Waals surface area (Å²) >= 11 is 0. The van der Waals surface area contributed by atoms with Crippen molar-refractivity contribution in [3.63, 3.8) is 0 Å². The first-order valence-corrected chi connectivity index (χ1v) is 9.22. The van der Waals surface area contributed by atoms with Gasteiger partial charge in [-0.3, -0.25) is 14.4 Å². The van der Waals surface area contributed by atoms with E-state index in [1.807, 2.05) is 0 Å². The monoisotopic (exact) mass is 359 g/mol. The smallest absolute Gasteiger partial charge is 0.251 e. The minimum absolute atomic E-state index is 0.0334. The summed E-state index contributed by atoms with van der Waals surface area (Å²) in [5.41, 5.74) is 1.34. The lowest BCUT2D eigenvalue weighted by Gasteiger charge is -2.07. The third kappa shape index (κ3) is 4.60. The molecule has 0 spiro atoms. The maximum Gasteiger partial charge on any atom is 0.251 e. The molecule has 2 aromatic rings. The Kier molecular flexibility index (Phi) is 5.82. The first-order valence-electron chi connectivity index (χ1n) is 7.57. The average molecular weight is 359 g/mol. The summed E-state index contributed by atoms with van der Waals surface area (Å²) in [4.78, 5) is 34.0. The number of benzene rings is 2. The van der Waals surface area contributed by atoms with E-state index in [0.717, 1.165) is 5.56 Å². The number of hydrogen-bond donors (Lipinski definition) is 1. The van der Waals surface area contributed by atoms with Gasteiger partial charge in [0.1, 0.15) is 0 Å². The third-order valence-corrected chi connectivity index (χ3v) is 5.40. The van der Waals surface area contributed by atoms with Crippen molar-refractivity contribution in [2.24, 2.45) is 0 Å². The van der Waals surface area contributed by atoms with Gasteiger partial charge in [0.05, 0.1) is 10.6 Å². The summed E-state index contributed by atoms with van der Waals surface area (Å²) < 4.78 is 23.5. The number of ketones is 1. The van der Waals surface area contributed by atoms with Gasteiger partial charge in [0, 0.05) is 17.7 Å².